The molecule has 0 unspecified atom stereocenters. The van der Waals surface area contributed by atoms with Gasteiger partial charge in [-0.25, -0.2) is 4.79 Å². The van der Waals surface area contributed by atoms with E-state index in [0.29, 0.717) is 22.3 Å². The van der Waals surface area contributed by atoms with E-state index in [1.165, 1.54) is 0 Å². The van der Waals surface area contributed by atoms with Crippen molar-refractivity contribution < 1.29 is 19.0 Å². The van der Waals surface area contributed by atoms with E-state index >= 15 is 0 Å². The molecular formula is C17H17ClO4. The van der Waals surface area contributed by atoms with Crippen LogP contribution in [0.1, 0.15) is 11.1 Å². The number of esters is 1. The minimum Gasteiger partial charge on any atom is -0.493 e. The third-order valence-electron chi connectivity index (χ3n) is 3.06. The van der Waals surface area contributed by atoms with Crippen LogP contribution in [0.15, 0.2) is 36.4 Å². The molecule has 0 fully saturated rings. The molecule has 0 radical (unpaired) electrons. The first-order chi connectivity index (χ1) is 10.5. The molecule has 2 rings (SSSR count). The highest BCUT2D eigenvalue weighted by Crippen LogP contribution is 2.27. The lowest BCUT2D eigenvalue weighted by atomic mass is 10.1. The molecule has 0 aliphatic rings. The summed E-state index contributed by atoms with van der Waals surface area (Å²) < 4.78 is 15.8. The van der Waals surface area contributed by atoms with Gasteiger partial charge in [-0.1, -0.05) is 23.7 Å². The number of para-hydroxylation sites is 2. The van der Waals surface area contributed by atoms with Crippen molar-refractivity contribution >= 4 is 17.6 Å². The van der Waals surface area contributed by atoms with Gasteiger partial charge in [-0.2, -0.15) is 0 Å². The Bertz CT molecular complexity index is 659. The molecule has 22 heavy (non-hydrogen) atoms. The van der Waals surface area contributed by atoms with E-state index in [1.807, 2.05) is 19.9 Å². The number of ether oxygens (including phenoxy) is 3. The van der Waals surface area contributed by atoms with Crippen LogP contribution in [0.2, 0.25) is 5.02 Å². The number of halogens is 1. The molecular weight excluding hydrogens is 304 g/mol. The smallest absolute Gasteiger partial charge is 0.349 e. The van der Waals surface area contributed by atoms with Crippen LogP contribution in [-0.2, 0) is 4.79 Å². The molecule has 0 atom stereocenters. The maximum atomic E-state index is 11.9. The Labute approximate surface area is 134 Å². The van der Waals surface area contributed by atoms with Crippen molar-refractivity contribution in [2.24, 2.45) is 0 Å². The molecule has 0 bridgehead atoms. The number of hydrogen-bond acceptors (Lipinski definition) is 4. The fraction of sp³-hybridized carbons (Fsp3) is 0.235. The summed E-state index contributed by atoms with van der Waals surface area (Å²) in [6.07, 6.45) is 0. The number of aryl methyl sites for hydroxylation is 2. The Hall–Kier alpha value is -2.20. The largest absolute Gasteiger partial charge is 0.493 e. The van der Waals surface area contributed by atoms with E-state index in [4.69, 9.17) is 25.8 Å². The first kappa shape index (κ1) is 16.2. The summed E-state index contributed by atoms with van der Waals surface area (Å²) in [5, 5.41) is 0.671. The van der Waals surface area contributed by atoms with Gasteiger partial charge in [-0.15, -0.1) is 0 Å². The lowest BCUT2D eigenvalue weighted by Crippen LogP contribution is -2.18. The lowest BCUT2D eigenvalue weighted by molar-refractivity contribution is -0.136. The molecule has 0 N–H and O–H groups in total. The molecule has 0 heterocycles. The van der Waals surface area contributed by atoms with Crippen LogP contribution in [0, 0.1) is 13.8 Å². The highest BCUT2D eigenvalue weighted by molar-refractivity contribution is 6.32. The molecule has 0 aromatic heterocycles. The van der Waals surface area contributed by atoms with Crippen molar-refractivity contribution in [3.05, 3.63) is 52.5 Å². The molecule has 0 saturated heterocycles. The van der Waals surface area contributed by atoms with E-state index in [9.17, 15) is 4.79 Å². The average molecular weight is 321 g/mol. The Morgan fingerprint density at radius 3 is 2.27 bits per heavy atom. The number of carbonyl (C=O) groups excluding carboxylic acids is 1. The Balaban J connectivity index is 1.99. The summed E-state index contributed by atoms with van der Waals surface area (Å²) in [4.78, 5) is 11.9. The van der Waals surface area contributed by atoms with Gasteiger partial charge in [-0.05, 0) is 49.2 Å². The monoisotopic (exact) mass is 320 g/mol. The summed E-state index contributed by atoms with van der Waals surface area (Å²) in [5.41, 5.74) is 1.71. The van der Waals surface area contributed by atoms with Gasteiger partial charge in [0, 0.05) is 5.02 Å². The van der Waals surface area contributed by atoms with Crippen molar-refractivity contribution in [3.63, 3.8) is 0 Å². The van der Waals surface area contributed by atoms with Crippen LogP contribution >= 0.6 is 11.6 Å². The number of carbonyl (C=O) groups is 1. The number of benzene rings is 2. The van der Waals surface area contributed by atoms with Crippen LogP contribution < -0.4 is 14.2 Å². The SMILES string of the molecule is COc1ccccc1OCC(=O)Oc1cc(C)c(Cl)c(C)c1. The third-order valence-corrected chi connectivity index (χ3v) is 3.65. The first-order valence-corrected chi connectivity index (χ1v) is 7.12. The normalized spacial score (nSPS) is 10.2. The molecule has 5 heteroatoms. The number of methoxy groups -OCH3 is 1. The zero-order valence-electron chi connectivity index (χ0n) is 12.7. The molecule has 0 aliphatic carbocycles. The van der Waals surface area contributed by atoms with E-state index < -0.39 is 5.97 Å². The van der Waals surface area contributed by atoms with Gasteiger partial charge in [0.2, 0.25) is 0 Å². The average Bonchev–Trinajstić information content (AvgIpc) is 2.50. The standard InChI is InChI=1S/C17H17ClO4/c1-11-8-13(9-12(2)17(11)18)22-16(19)10-21-15-7-5-4-6-14(15)20-3/h4-9H,10H2,1-3H3. The van der Waals surface area contributed by atoms with Crippen molar-refractivity contribution in [2.45, 2.75) is 13.8 Å². The number of hydrogen-bond donors (Lipinski definition) is 0. The summed E-state index contributed by atoms with van der Waals surface area (Å²) in [7, 11) is 1.54. The third kappa shape index (κ3) is 3.92. The second-order valence-corrected chi connectivity index (χ2v) is 5.16. The van der Waals surface area contributed by atoms with E-state index in [1.54, 1.807) is 37.4 Å². The zero-order chi connectivity index (χ0) is 16.1. The fourth-order valence-electron chi connectivity index (χ4n) is 2.00. The maximum Gasteiger partial charge on any atom is 0.349 e. The zero-order valence-corrected chi connectivity index (χ0v) is 13.4. The van der Waals surface area contributed by atoms with Crippen LogP contribution in [0.3, 0.4) is 0 Å². The summed E-state index contributed by atoms with van der Waals surface area (Å²) >= 11 is 6.08. The molecule has 4 nitrogen and oxygen atoms in total. The molecule has 0 spiro atoms. The van der Waals surface area contributed by atoms with Gasteiger partial charge in [0.25, 0.3) is 0 Å². The quantitative estimate of drug-likeness (QED) is 0.618. The predicted molar refractivity (Wildman–Crippen MR) is 85.1 cm³/mol. The highest BCUT2D eigenvalue weighted by atomic mass is 35.5. The lowest BCUT2D eigenvalue weighted by Gasteiger charge is -2.11. The maximum absolute atomic E-state index is 11.9. The van der Waals surface area contributed by atoms with Crippen LogP contribution in [0.4, 0.5) is 0 Å². The Morgan fingerprint density at radius 2 is 1.68 bits per heavy atom. The van der Waals surface area contributed by atoms with Gasteiger partial charge in [0.15, 0.2) is 18.1 Å². The molecule has 0 aliphatic heterocycles. The van der Waals surface area contributed by atoms with E-state index in [0.717, 1.165) is 11.1 Å². The fourth-order valence-corrected chi connectivity index (χ4v) is 2.11. The van der Waals surface area contributed by atoms with Crippen LogP contribution in [0.25, 0.3) is 0 Å². The van der Waals surface area contributed by atoms with Gasteiger partial charge < -0.3 is 14.2 Å². The Kier molecular flexibility index (Phi) is 5.28. The second-order valence-electron chi connectivity index (χ2n) is 4.78. The van der Waals surface area contributed by atoms with E-state index in [-0.39, 0.29) is 6.61 Å². The molecule has 0 saturated carbocycles. The highest BCUT2D eigenvalue weighted by Gasteiger charge is 2.11. The predicted octanol–water partition coefficient (Wildman–Crippen LogP) is 3.95. The van der Waals surface area contributed by atoms with Gasteiger partial charge in [0.05, 0.1) is 7.11 Å². The van der Waals surface area contributed by atoms with Crippen LogP contribution in [-0.4, -0.2) is 19.7 Å². The van der Waals surface area contributed by atoms with E-state index in [2.05, 4.69) is 0 Å². The minimum atomic E-state index is -0.493. The number of rotatable bonds is 5. The second kappa shape index (κ2) is 7.18. The van der Waals surface area contributed by atoms with Crippen molar-refractivity contribution in [3.8, 4) is 17.2 Å². The van der Waals surface area contributed by atoms with Crippen LogP contribution in [0.5, 0.6) is 17.2 Å². The van der Waals surface area contributed by atoms with Gasteiger partial charge in [0.1, 0.15) is 5.75 Å². The molecule has 2 aromatic carbocycles. The van der Waals surface area contributed by atoms with Crippen molar-refractivity contribution in [1.29, 1.82) is 0 Å². The van der Waals surface area contributed by atoms with Crippen molar-refractivity contribution in [1.82, 2.24) is 0 Å². The summed E-state index contributed by atoms with van der Waals surface area (Å²) in [5.74, 6) is 1.01. The molecule has 2 aromatic rings. The topological polar surface area (TPSA) is 44.8 Å². The first-order valence-electron chi connectivity index (χ1n) is 6.74. The molecule has 0 amide bonds. The Morgan fingerprint density at radius 1 is 1.09 bits per heavy atom. The summed E-state index contributed by atoms with van der Waals surface area (Å²) in [6.45, 7) is 3.51. The summed E-state index contributed by atoms with van der Waals surface area (Å²) in [6, 6.07) is 10.5. The van der Waals surface area contributed by atoms with Gasteiger partial charge >= 0.3 is 5.97 Å². The molecule has 116 valence electrons. The van der Waals surface area contributed by atoms with Gasteiger partial charge in [-0.3, -0.25) is 0 Å². The minimum absolute atomic E-state index is 0.207. The van der Waals surface area contributed by atoms with Crippen molar-refractivity contribution in [2.75, 3.05) is 13.7 Å².